The lowest BCUT2D eigenvalue weighted by molar-refractivity contribution is 0.171. The summed E-state index contributed by atoms with van der Waals surface area (Å²) >= 11 is 6.09. The molecule has 6 nitrogen and oxygen atoms in total. The molecule has 3 rings (SSSR count). The number of anilines is 1. The number of hydrogen-bond donors (Lipinski definition) is 2. The van der Waals surface area contributed by atoms with Crippen molar-refractivity contribution in [2.24, 2.45) is 0 Å². The number of aromatic nitrogens is 4. The molecule has 1 atom stereocenters. The van der Waals surface area contributed by atoms with E-state index in [1.807, 2.05) is 31.2 Å². The quantitative estimate of drug-likeness (QED) is 0.756. The second-order valence-electron chi connectivity index (χ2n) is 5.01. The molecule has 0 radical (unpaired) electrons. The van der Waals surface area contributed by atoms with Crippen molar-refractivity contribution < 1.29 is 5.11 Å². The minimum absolute atomic E-state index is 0.529. The van der Waals surface area contributed by atoms with E-state index < -0.39 is 6.10 Å². The van der Waals surface area contributed by atoms with Crippen LogP contribution in [0.4, 0.5) is 5.82 Å². The molecule has 0 saturated heterocycles. The van der Waals surface area contributed by atoms with Crippen molar-refractivity contribution in [2.75, 3.05) is 11.9 Å². The molecule has 0 bridgehead atoms. The molecule has 2 aromatic heterocycles. The highest BCUT2D eigenvalue weighted by Gasteiger charge is 2.11. The first-order chi connectivity index (χ1) is 10.6. The van der Waals surface area contributed by atoms with Crippen molar-refractivity contribution in [1.82, 2.24) is 19.6 Å². The molecule has 1 aromatic carbocycles. The minimum atomic E-state index is -0.615. The fraction of sp³-hybridized carbons (Fsp3) is 0.267. The predicted molar refractivity (Wildman–Crippen MR) is 85.0 cm³/mol. The van der Waals surface area contributed by atoms with E-state index in [1.54, 1.807) is 10.6 Å². The van der Waals surface area contributed by atoms with E-state index in [-0.39, 0.29) is 0 Å². The number of aliphatic hydroxyl groups excluding tert-OH is 1. The van der Waals surface area contributed by atoms with Gasteiger partial charge in [-0.1, -0.05) is 29.8 Å². The summed E-state index contributed by atoms with van der Waals surface area (Å²) in [6.07, 6.45) is 1.38. The van der Waals surface area contributed by atoms with Gasteiger partial charge in [-0.15, -0.1) is 0 Å². The van der Waals surface area contributed by atoms with Gasteiger partial charge in [0.25, 0.3) is 5.78 Å². The van der Waals surface area contributed by atoms with E-state index in [4.69, 9.17) is 11.6 Å². The van der Waals surface area contributed by atoms with Gasteiger partial charge in [-0.3, -0.25) is 0 Å². The van der Waals surface area contributed by atoms with E-state index in [1.165, 1.54) is 6.33 Å². The van der Waals surface area contributed by atoms with Gasteiger partial charge in [0.2, 0.25) is 0 Å². The normalized spacial score (nSPS) is 12.5. The van der Waals surface area contributed by atoms with Gasteiger partial charge in [-0.2, -0.15) is 14.6 Å². The van der Waals surface area contributed by atoms with Crippen LogP contribution >= 0.6 is 11.6 Å². The number of benzene rings is 1. The van der Waals surface area contributed by atoms with Crippen LogP contribution in [0.3, 0.4) is 0 Å². The lowest BCUT2D eigenvalue weighted by atomic mass is 10.1. The van der Waals surface area contributed by atoms with Crippen molar-refractivity contribution in [3.63, 3.8) is 0 Å². The third-order valence-electron chi connectivity index (χ3n) is 3.37. The Bertz CT molecular complexity index is 788. The smallest absolute Gasteiger partial charge is 0.254 e. The van der Waals surface area contributed by atoms with Crippen LogP contribution in [0.5, 0.6) is 0 Å². The maximum Gasteiger partial charge on any atom is 0.254 e. The van der Waals surface area contributed by atoms with Gasteiger partial charge in [0.1, 0.15) is 12.1 Å². The van der Waals surface area contributed by atoms with Crippen molar-refractivity contribution >= 4 is 23.2 Å². The third-order valence-corrected chi connectivity index (χ3v) is 3.71. The summed E-state index contributed by atoms with van der Waals surface area (Å²) in [7, 11) is 0. The topological polar surface area (TPSA) is 75.3 Å². The van der Waals surface area contributed by atoms with Gasteiger partial charge < -0.3 is 10.4 Å². The van der Waals surface area contributed by atoms with Crippen molar-refractivity contribution in [3.05, 3.63) is 52.9 Å². The zero-order valence-corrected chi connectivity index (χ0v) is 12.8. The molecule has 0 aliphatic heterocycles. The van der Waals surface area contributed by atoms with Crippen LogP contribution in [0.1, 0.15) is 23.8 Å². The molecule has 0 spiro atoms. The maximum absolute atomic E-state index is 10.2. The monoisotopic (exact) mass is 317 g/mol. The number of aryl methyl sites for hydroxylation is 1. The van der Waals surface area contributed by atoms with Gasteiger partial charge in [0.05, 0.1) is 6.10 Å². The summed E-state index contributed by atoms with van der Waals surface area (Å²) < 4.78 is 1.63. The summed E-state index contributed by atoms with van der Waals surface area (Å²) in [6.45, 7) is 2.48. The van der Waals surface area contributed by atoms with E-state index in [2.05, 4.69) is 20.4 Å². The molecule has 2 heterocycles. The van der Waals surface area contributed by atoms with Crippen molar-refractivity contribution in [3.8, 4) is 0 Å². The Morgan fingerprint density at radius 2 is 2.18 bits per heavy atom. The molecule has 2 N–H and O–H groups in total. The van der Waals surface area contributed by atoms with Crippen molar-refractivity contribution in [1.29, 1.82) is 0 Å². The van der Waals surface area contributed by atoms with Gasteiger partial charge in [0.15, 0.2) is 0 Å². The van der Waals surface area contributed by atoms with Crippen molar-refractivity contribution in [2.45, 2.75) is 19.4 Å². The fourth-order valence-electron chi connectivity index (χ4n) is 2.29. The largest absolute Gasteiger partial charge is 0.388 e. The lowest BCUT2D eigenvalue weighted by Crippen LogP contribution is -2.11. The minimum Gasteiger partial charge on any atom is -0.388 e. The van der Waals surface area contributed by atoms with E-state index in [0.717, 1.165) is 17.1 Å². The Labute approximate surface area is 132 Å². The first kappa shape index (κ1) is 14.7. The number of nitrogens with one attached hydrogen (secondary N) is 1. The molecule has 0 saturated carbocycles. The van der Waals surface area contributed by atoms with Gasteiger partial charge >= 0.3 is 0 Å². The standard InChI is InChI=1S/C15H16ClN5O/c1-10-8-14(21-15(20-10)18-9-19-21)17-7-6-13(22)11-4-2-3-5-12(11)16/h2-5,8-9,13,17,22H,6-7H2,1H3/t13-/m1/s1. The Morgan fingerprint density at radius 3 is 3.00 bits per heavy atom. The van der Waals surface area contributed by atoms with E-state index >= 15 is 0 Å². The highest BCUT2D eigenvalue weighted by atomic mass is 35.5. The maximum atomic E-state index is 10.2. The number of hydrogen-bond acceptors (Lipinski definition) is 5. The summed E-state index contributed by atoms with van der Waals surface area (Å²) in [5.74, 6) is 1.35. The number of halogens is 1. The molecule has 3 aromatic rings. The third kappa shape index (κ3) is 3.03. The van der Waals surface area contributed by atoms with Crippen LogP contribution in [0.15, 0.2) is 36.7 Å². The Morgan fingerprint density at radius 1 is 1.36 bits per heavy atom. The van der Waals surface area contributed by atoms with Crippen LogP contribution in [-0.4, -0.2) is 31.2 Å². The highest BCUT2D eigenvalue weighted by molar-refractivity contribution is 6.31. The molecule has 7 heteroatoms. The molecular weight excluding hydrogens is 302 g/mol. The molecule has 22 heavy (non-hydrogen) atoms. The second-order valence-corrected chi connectivity index (χ2v) is 5.41. The average molecular weight is 318 g/mol. The fourth-order valence-corrected chi connectivity index (χ4v) is 2.56. The van der Waals surface area contributed by atoms with Crippen LogP contribution in [0, 0.1) is 6.92 Å². The molecule has 0 amide bonds. The van der Waals surface area contributed by atoms with E-state index in [0.29, 0.717) is 23.8 Å². The summed E-state index contributed by atoms with van der Waals surface area (Å²) in [5, 5.41) is 18.2. The predicted octanol–water partition coefficient (Wildman–Crippen LogP) is 2.62. The molecule has 0 unspecified atom stereocenters. The molecule has 0 aliphatic rings. The molecular formula is C15H16ClN5O. The summed E-state index contributed by atoms with van der Waals surface area (Å²) in [4.78, 5) is 8.36. The first-order valence-corrected chi connectivity index (χ1v) is 7.36. The average Bonchev–Trinajstić information content (AvgIpc) is 2.95. The molecule has 0 fully saturated rings. The number of aliphatic hydroxyl groups is 1. The Kier molecular flexibility index (Phi) is 4.22. The summed E-state index contributed by atoms with van der Waals surface area (Å²) in [6, 6.07) is 9.21. The SMILES string of the molecule is Cc1cc(NCC[C@@H](O)c2ccccc2Cl)n2ncnc2n1. The van der Waals surface area contributed by atoms with E-state index in [9.17, 15) is 5.11 Å². The number of rotatable bonds is 5. The van der Waals surface area contributed by atoms with Crippen LogP contribution < -0.4 is 5.32 Å². The van der Waals surface area contributed by atoms with Gasteiger partial charge in [0, 0.05) is 23.3 Å². The highest BCUT2D eigenvalue weighted by Crippen LogP contribution is 2.24. The molecule has 114 valence electrons. The Hall–Kier alpha value is -2.18. The van der Waals surface area contributed by atoms with Gasteiger partial charge in [-0.25, -0.2) is 4.98 Å². The first-order valence-electron chi connectivity index (χ1n) is 6.99. The zero-order chi connectivity index (χ0) is 15.5. The van der Waals surface area contributed by atoms with Gasteiger partial charge in [-0.05, 0) is 25.0 Å². The lowest BCUT2D eigenvalue weighted by Gasteiger charge is -2.14. The van der Waals surface area contributed by atoms with Crippen LogP contribution in [0.25, 0.3) is 5.78 Å². The zero-order valence-electron chi connectivity index (χ0n) is 12.1. The number of nitrogens with zero attached hydrogens (tertiary/aromatic N) is 4. The Balaban J connectivity index is 1.67. The molecule has 0 aliphatic carbocycles. The van der Waals surface area contributed by atoms with Crippen LogP contribution in [0.2, 0.25) is 5.02 Å². The summed E-state index contributed by atoms with van der Waals surface area (Å²) in [5.41, 5.74) is 1.59. The van der Waals surface area contributed by atoms with Crippen LogP contribution in [-0.2, 0) is 0 Å². The second kappa shape index (κ2) is 6.29. The number of fused-ring (bicyclic) bond motifs is 1.